The van der Waals surface area contributed by atoms with E-state index in [1.807, 2.05) is 24.3 Å². The second-order valence-electron chi connectivity index (χ2n) is 7.86. The molecular weight excluding hydrogens is 344 g/mol. The number of hydrogen-bond acceptors (Lipinski definition) is 3. The first-order valence-electron chi connectivity index (χ1n) is 10.5. The minimum atomic E-state index is 0.798. The third kappa shape index (κ3) is 5.05. The number of likely N-dealkylation sites (tertiary alicyclic amines) is 1. The second-order valence-corrected chi connectivity index (χ2v) is 7.86. The predicted molar refractivity (Wildman–Crippen MR) is 118 cm³/mol. The summed E-state index contributed by atoms with van der Waals surface area (Å²) in [5, 5.41) is 0. The average Bonchev–Trinajstić information content (AvgIpc) is 3.14. The van der Waals surface area contributed by atoms with Crippen LogP contribution in [0.5, 0.6) is 5.75 Å². The molecule has 146 valence electrons. The van der Waals surface area contributed by atoms with Crippen molar-refractivity contribution < 1.29 is 4.74 Å². The molecule has 1 aliphatic heterocycles. The number of benzene rings is 2. The van der Waals surface area contributed by atoms with Gasteiger partial charge in [0.1, 0.15) is 5.75 Å². The number of hydrogen-bond donors (Lipinski definition) is 1. The van der Waals surface area contributed by atoms with E-state index in [0.717, 1.165) is 37.4 Å². The highest BCUT2D eigenvalue weighted by molar-refractivity contribution is 5.70. The van der Waals surface area contributed by atoms with Crippen LogP contribution in [0.4, 0.5) is 5.69 Å². The fraction of sp³-hybridized carbons (Fsp3) is 0.360. The zero-order valence-electron chi connectivity index (χ0n) is 16.6. The second kappa shape index (κ2) is 9.11. The van der Waals surface area contributed by atoms with Crippen molar-refractivity contribution in [2.75, 3.05) is 32.0 Å². The fourth-order valence-corrected chi connectivity index (χ4v) is 4.02. The summed E-state index contributed by atoms with van der Waals surface area (Å²) in [4.78, 5) is 2.57. The van der Waals surface area contributed by atoms with Gasteiger partial charge in [-0.2, -0.15) is 0 Å². The van der Waals surface area contributed by atoms with Crippen LogP contribution in [0.3, 0.4) is 0 Å². The van der Waals surface area contributed by atoms with Gasteiger partial charge in [0, 0.05) is 12.2 Å². The van der Waals surface area contributed by atoms with Gasteiger partial charge in [-0.05, 0) is 85.3 Å². The molecular formula is C25H30N2O. The van der Waals surface area contributed by atoms with E-state index in [1.54, 1.807) is 0 Å². The summed E-state index contributed by atoms with van der Waals surface area (Å²) in [6.45, 7) is 4.48. The van der Waals surface area contributed by atoms with E-state index >= 15 is 0 Å². The Balaban J connectivity index is 1.26. The number of fused-ring (bicyclic) bond motifs is 1. The lowest BCUT2D eigenvalue weighted by molar-refractivity contribution is 0.205. The zero-order valence-corrected chi connectivity index (χ0v) is 16.6. The van der Waals surface area contributed by atoms with Crippen molar-refractivity contribution in [1.82, 2.24) is 4.90 Å². The Labute approximate surface area is 168 Å². The lowest BCUT2D eigenvalue weighted by atomic mass is 10.1. The summed E-state index contributed by atoms with van der Waals surface area (Å²) in [6, 6.07) is 14.5. The molecule has 1 saturated heterocycles. The van der Waals surface area contributed by atoms with Gasteiger partial charge in [-0.3, -0.25) is 0 Å². The molecule has 0 aromatic heterocycles. The Morgan fingerprint density at radius 1 is 0.964 bits per heavy atom. The first-order valence-corrected chi connectivity index (χ1v) is 10.5. The topological polar surface area (TPSA) is 38.5 Å². The van der Waals surface area contributed by atoms with Crippen molar-refractivity contribution in [1.29, 1.82) is 0 Å². The highest BCUT2D eigenvalue weighted by Crippen LogP contribution is 2.29. The van der Waals surface area contributed by atoms with Crippen molar-refractivity contribution in [3.8, 4) is 5.75 Å². The van der Waals surface area contributed by atoms with Crippen LogP contribution in [0.15, 0.2) is 54.1 Å². The van der Waals surface area contributed by atoms with Gasteiger partial charge in [0.25, 0.3) is 0 Å². The largest absolute Gasteiger partial charge is 0.494 e. The van der Waals surface area contributed by atoms with Gasteiger partial charge in [-0.15, -0.1) is 0 Å². The quantitative estimate of drug-likeness (QED) is 0.536. The number of piperidine rings is 1. The number of allylic oxidation sites excluding steroid dienone is 2. The number of nitrogens with two attached hydrogens (primary N) is 1. The van der Waals surface area contributed by atoms with E-state index in [1.165, 1.54) is 54.6 Å². The highest BCUT2D eigenvalue weighted by atomic mass is 16.5. The minimum Gasteiger partial charge on any atom is -0.494 e. The fourth-order valence-electron chi connectivity index (χ4n) is 4.02. The number of ether oxygens (including phenoxy) is 1. The Morgan fingerprint density at radius 2 is 1.79 bits per heavy atom. The molecule has 0 radical (unpaired) electrons. The number of nitrogens with zero attached hydrogens (tertiary/aromatic N) is 1. The van der Waals surface area contributed by atoms with Crippen molar-refractivity contribution in [2.45, 2.75) is 32.1 Å². The van der Waals surface area contributed by atoms with Crippen LogP contribution in [0.2, 0.25) is 0 Å². The molecule has 0 bridgehead atoms. The number of anilines is 1. The lowest BCUT2D eigenvalue weighted by Crippen LogP contribution is -2.31. The van der Waals surface area contributed by atoms with Gasteiger partial charge in [-0.1, -0.05) is 42.8 Å². The zero-order chi connectivity index (χ0) is 19.2. The van der Waals surface area contributed by atoms with Gasteiger partial charge in [0.15, 0.2) is 0 Å². The summed E-state index contributed by atoms with van der Waals surface area (Å²) >= 11 is 0. The Kier molecular flexibility index (Phi) is 6.13. The molecule has 2 aromatic rings. The third-order valence-electron chi connectivity index (χ3n) is 5.61. The molecule has 3 nitrogen and oxygen atoms in total. The summed E-state index contributed by atoms with van der Waals surface area (Å²) in [5.74, 6) is 0.995. The molecule has 1 fully saturated rings. The maximum Gasteiger partial charge on any atom is 0.119 e. The van der Waals surface area contributed by atoms with E-state index in [4.69, 9.17) is 10.5 Å². The van der Waals surface area contributed by atoms with Crippen LogP contribution >= 0.6 is 0 Å². The monoisotopic (exact) mass is 374 g/mol. The Morgan fingerprint density at radius 3 is 2.61 bits per heavy atom. The SMILES string of the molecule is Nc1ccc(/C=C/C2=Cc3ccc(OCCCN4CCCCC4)cc3C2)cc1. The van der Waals surface area contributed by atoms with Crippen molar-refractivity contribution in [3.63, 3.8) is 0 Å². The van der Waals surface area contributed by atoms with Crippen molar-refractivity contribution in [2.24, 2.45) is 0 Å². The number of rotatable bonds is 7. The van der Waals surface area contributed by atoms with E-state index in [0.29, 0.717) is 0 Å². The average molecular weight is 375 g/mol. The molecule has 0 unspecified atom stereocenters. The maximum absolute atomic E-state index is 6.02. The van der Waals surface area contributed by atoms with Crippen LogP contribution in [0.25, 0.3) is 12.2 Å². The summed E-state index contributed by atoms with van der Waals surface area (Å²) in [7, 11) is 0. The van der Waals surface area contributed by atoms with E-state index in [2.05, 4.69) is 41.3 Å². The van der Waals surface area contributed by atoms with E-state index in [9.17, 15) is 0 Å². The third-order valence-corrected chi connectivity index (χ3v) is 5.61. The summed E-state index contributed by atoms with van der Waals surface area (Å²) in [6.07, 6.45) is 12.8. The molecule has 0 amide bonds. The molecule has 0 spiro atoms. The first kappa shape index (κ1) is 18.8. The van der Waals surface area contributed by atoms with Crippen LogP contribution in [0, 0.1) is 0 Å². The Hall–Kier alpha value is -2.52. The molecule has 2 aromatic carbocycles. The van der Waals surface area contributed by atoms with Gasteiger partial charge >= 0.3 is 0 Å². The van der Waals surface area contributed by atoms with E-state index in [-0.39, 0.29) is 0 Å². The molecule has 0 saturated carbocycles. The first-order chi connectivity index (χ1) is 13.8. The maximum atomic E-state index is 6.02. The molecule has 2 N–H and O–H groups in total. The summed E-state index contributed by atoms with van der Waals surface area (Å²) < 4.78 is 6.02. The van der Waals surface area contributed by atoms with Crippen LogP contribution < -0.4 is 10.5 Å². The highest BCUT2D eigenvalue weighted by Gasteiger charge is 2.12. The van der Waals surface area contributed by atoms with Crippen molar-refractivity contribution >= 4 is 17.8 Å². The molecule has 3 heteroatoms. The molecule has 28 heavy (non-hydrogen) atoms. The molecule has 1 aliphatic carbocycles. The van der Waals surface area contributed by atoms with Gasteiger partial charge in [-0.25, -0.2) is 0 Å². The van der Waals surface area contributed by atoms with Gasteiger partial charge in [0.05, 0.1) is 6.61 Å². The van der Waals surface area contributed by atoms with Crippen LogP contribution in [-0.2, 0) is 6.42 Å². The van der Waals surface area contributed by atoms with Crippen molar-refractivity contribution in [3.05, 3.63) is 70.8 Å². The minimum absolute atomic E-state index is 0.798. The molecule has 1 heterocycles. The standard InChI is InChI=1S/C25H30N2O/c26-24-10-7-20(8-11-24)5-6-21-17-22-9-12-25(19-23(22)18-21)28-16-4-15-27-13-2-1-3-14-27/h5-12,17,19H,1-4,13-16,18,26H2/b6-5+. The van der Waals surface area contributed by atoms with E-state index < -0.39 is 0 Å². The smallest absolute Gasteiger partial charge is 0.119 e. The van der Waals surface area contributed by atoms with Gasteiger partial charge in [0.2, 0.25) is 0 Å². The predicted octanol–water partition coefficient (Wildman–Crippen LogP) is 5.18. The van der Waals surface area contributed by atoms with Crippen LogP contribution in [-0.4, -0.2) is 31.1 Å². The van der Waals surface area contributed by atoms with Crippen LogP contribution in [0.1, 0.15) is 42.4 Å². The number of nitrogen functional groups attached to an aromatic ring is 1. The van der Waals surface area contributed by atoms with Gasteiger partial charge < -0.3 is 15.4 Å². The Bertz CT molecular complexity index is 845. The summed E-state index contributed by atoms with van der Waals surface area (Å²) in [5.41, 5.74) is 11.7. The lowest BCUT2D eigenvalue weighted by Gasteiger charge is -2.26. The normalized spacial score (nSPS) is 16.9. The molecule has 0 atom stereocenters. The molecule has 4 rings (SSSR count). The molecule has 2 aliphatic rings.